The Balaban J connectivity index is 1.23. The lowest BCUT2D eigenvalue weighted by Crippen LogP contribution is -2.54. The maximum atomic E-state index is 13.7. The van der Waals surface area contributed by atoms with Gasteiger partial charge in [-0.25, -0.2) is 0 Å². The molecule has 10 nitrogen and oxygen atoms in total. The van der Waals surface area contributed by atoms with Crippen LogP contribution >= 0.6 is 0 Å². The van der Waals surface area contributed by atoms with E-state index in [1.165, 1.54) is 0 Å². The number of rotatable bonds is 4. The molecule has 6 rings (SSSR count). The quantitative estimate of drug-likeness (QED) is 0.291. The van der Waals surface area contributed by atoms with Gasteiger partial charge in [0.1, 0.15) is 23.7 Å². The molecule has 10 heteroatoms. The highest BCUT2D eigenvalue weighted by molar-refractivity contribution is 6.33. The van der Waals surface area contributed by atoms with Crippen LogP contribution in [0.4, 0.5) is 0 Å². The van der Waals surface area contributed by atoms with E-state index in [9.17, 15) is 30.0 Å². The first-order valence-electron chi connectivity index (χ1n) is 13.7. The number of carbonyl (C=O) groups excluding carboxylic acids is 2. The zero-order valence-corrected chi connectivity index (χ0v) is 22.8. The van der Waals surface area contributed by atoms with Crippen molar-refractivity contribution >= 4 is 22.3 Å². The van der Waals surface area contributed by atoms with Crippen molar-refractivity contribution in [2.75, 3.05) is 0 Å². The Morgan fingerprint density at radius 1 is 0.829 bits per heavy atom. The second kappa shape index (κ2) is 10.5. The summed E-state index contributed by atoms with van der Waals surface area (Å²) in [5.74, 6) is -0.736. The molecule has 0 saturated carbocycles. The van der Waals surface area contributed by atoms with E-state index < -0.39 is 60.8 Å². The number of hydrogen-bond acceptors (Lipinski definition) is 10. The molecule has 0 amide bonds. The summed E-state index contributed by atoms with van der Waals surface area (Å²) in [5, 5.41) is 42.6. The molecule has 0 aromatic heterocycles. The molecule has 3 aliphatic rings. The van der Waals surface area contributed by atoms with Gasteiger partial charge in [0.15, 0.2) is 17.9 Å². The van der Waals surface area contributed by atoms with Crippen LogP contribution in [-0.4, -0.2) is 81.2 Å². The van der Waals surface area contributed by atoms with Crippen molar-refractivity contribution < 1.29 is 49.0 Å². The summed E-state index contributed by atoms with van der Waals surface area (Å²) in [6.07, 6.45) is -6.89. The van der Waals surface area contributed by atoms with E-state index in [0.717, 1.165) is 5.56 Å². The van der Waals surface area contributed by atoms with E-state index in [-0.39, 0.29) is 46.6 Å². The van der Waals surface area contributed by atoms with Gasteiger partial charge in [-0.3, -0.25) is 9.59 Å². The van der Waals surface area contributed by atoms with Crippen LogP contribution in [0.3, 0.4) is 0 Å². The van der Waals surface area contributed by atoms with Crippen LogP contribution in [0.25, 0.3) is 10.8 Å². The molecule has 0 radical (unpaired) electrons. The van der Waals surface area contributed by atoms with Crippen LogP contribution in [0.15, 0.2) is 42.5 Å². The number of ketones is 2. The molecule has 2 heterocycles. The molecule has 2 saturated heterocycles. The second-order valence-electron chi connectivity index (χ2n) is 11.1. The number of phenolic OH excluding ortho intramolecular Hbond substituents is 1. The molecule has 1 aliphatic carbocycles. The molecule has 3 aromatic carbocycles. The van der Waals surface area contributed by atoms with Gasteiger partial charge in [0, 0.05) is 34.9 Å². The van der Waals surface area contributed by atoms with E-state index in [4.69, 9.17) is 18.9 Å². The highest BCUT2D eigenvalue weighted by Gasteiger charge is 2.43. The summed E-state index contributed by atoms with van der Waals surface area (Å²) < 4.78 is 23.6. The van der Waals surface area contributed by atoms with E-state index >= 15 is 0 Å². The van der Waals surface area contributed by atoms with Gasteiger partial charge >= 0.3 is 0 Å². The van der Waals surface area contributed by atoms with Gasteiger partial charge in [0.25, 0.3) is 0 Å². The zero-order chi connectivity index (χ0) is 29.2. The molecular formula is C31H32O10. The van der Waals surface area contributed by atoms with Crippen LogP contribution in [0.5, 0.6) is 11.5 Å². The maximum absolute atomic E-state index is 13.7. The second-order valence-corrected chi connectivity index (χ2v) is 11.1. The number of aryl methyl sites for hydroxylation is 1. The van der Waals surface area contributed by atoms with Crippen molar-refractivity contribution in [3.8, 4) is 11.5 Å². The van der Waals surface area contributed by atoms with E-state index in [2.05, 4.69) is 0 Å². The van der Waals surface area contributed by atoms with Gasteiger partial charge in [-0.05, 0) is 49.9 Å². The third kappa shape index (κ3) is 4.80. The number of ether oxygens (including phenoxy) is 4. The Morgan fingerprint density at radius 2 is 1.51 bits per heavy atom. The van der Waals surface area contributed by atoms with Crippen LogP contribution in [0, 0.1) is 6.92 Å². The first-order chi connectivity index (χ1) is 19.5. The Labute approximate surface area is 236 Å². The molecule has 0 bridgehead atoms. The number of aliphatic hydroxyl groups is 3. The first-order valence-corrected chi connectivity index (χ1v) is 13.7. The molecule has 0 unspecified atom stereocenters. The molecule has 216 valence electrons. The predicted octanol–water partition coefficient (Wildman–Crippen LogP) is 2.75. The van der Waals surface area contributed by atoms with Gasteiger partial charge in [0.2, 0.25) is 6.29 Å². The Bertz CT molecular complexity index is 1510. The third-order valence-electron chi connectivity index (χ3n) is 8.10. The van der Waals surface area contributed by atoms with E-state index in [0.29, 0.717) is 10.8 Å². The van der Waals surface area contributed by atoms with Crippen molar-refractivity contribution in [3.63, 3.8) is 0 Å². The molecule has 8 atom stereocenters. The van der Waals surface area contributed by atoms with Crippen molar-refractivity contribution in [3.05, 3.63) is 70.3 Å². The lowest BCUT2D eigenvalue weighted by Gasteiger charge is -2.42. The molecular weight excluding hydrogens is 532 g/mol. The third-order valence-corrected chi connectivity index (χ3v) is 8.10. The molecule has 2 fully saturated rings. The number of fused-ring (bicyclic) bond motifs is 4. The predicted molar refractivity (Wildman–Crippen MR) is 145 cm³/mol. The minimum Gasteiger partial charge on any atom is -0.507 e. The Morgan fingerprint density at radius 3 is 2.24 bits per heavy atom. The van der Waals surface area contributed by atoms with E-state index in [1.807, 2.05) is 13.0 Å². The van der Waals surface area contributed by atoms with Crippen LogP contribution in [0.1, 0.15) is 64.1 Å². The Kier molecular flexibility index (Phi) is 7.09. The molecule has 41 heavy (non-hydrogen) atoms. The fourth-order valence-electron chi connectivity index (χ4n) is 6.06. The summed E-state index contributed by atoms with van der Waals surface area (Å²) in [4.78, 5) is 27.4. The lowest BCUT2D eigenvalue weighted by molar-refractivity contribution is -0.303. The molecule has 2 aliphatic heterocycles. The summed E-state index contributed by atoms with van der Waals surface area (Å²) in [6.45, 7) is 5.16. The fourth-order valence-corrected chi connectivity index (χ4v) is 6.06. The molecule has 0 spiro atoms. The Hall–Kier alpha value is -3.38. The summed E-state index contributed by atoms with van der Waals surface area (Å²) in [6, 6.07) is 11.4. The number of aliphatic hydroxyl groups excluding tert-OH is 3. The highest BCUT2D eigenvalue weighted by Crippen LogP contribution is 2.40. The topological polar surface area (TPSA) is 152 Å². The monoisotopic (exact) mass is 564 g/mol. The normalized spacial score (nSPS) is 31.6. The number of benzene rings is 3. The number of carbonyl (C=O) groups is 2. The number of phenols is 1. The maximum Gasteiger partial charge on any atom is 0.202 e. The van der Waals surface area contributed by atoms with Crippen LogP contribution in [0.2, 0.25) is 0 Å². The van der Waals surface area contributed by atoms with Gasteiger partial charge in [0.05, 0.1) is 30.0 Å². The van der Waals surface area contributed by atoms with Gasteiger partial charge in [-0.1, -0.05) is 24.3 Å². The average Bonchev–Trinajstić information content (AvgIpc) is 2.91. The van der Waals surface area contributed by atoms with Gasteiger partial charge in [-0.2, -0.15) is 0 Å². The standard InChI is InChI=1S/C31H32O10/c1-13-9-16-7-8-18-27(25(16)19(32)10-13)30(37)17-5-4-6-22(26(17)29(18)36)40-23-12-21(34)31(15(3)39-23)41-24-11-20(33)28(35)14(2)38-24/h4-10,14-15,20-21,23-24,28,31-35H,11-12H2,1-3H3/t14-,15-,20+,21+,23+,24+,28-,31-/m0/s1. The molecule has 3 aromatic rings. The van der Waals surface area contributed by atoms with Crippen molar-refractivity contribution in [1.29, 1.82) is 0 Å². The van der Waals surface area contributed by atoms with Crippen LogP contribution in [-0.2, 0) is 14.2 Å². The van der Waals surface area contributed by atoms with Crippen molar-refractivity contribution in [2.45, 2.75) is 82.8 Å². The fraction of sp³-hybridized carbons (Fsp3) is 0.419. The van der Waals surface area contributed by atoms with Crippen molar-refractivity contribution in [2.24, 2.45) is 0 Å². The smallest absolute Gasteiger partial charge is 0.202 e. The number of hydrogen-bond donors (Lipinski definition) is 4. The van der Waals surface area contributed by atoms with Gasteiger partial charge < -0.3 is 39.4 Å². The minimum atomic E-state index is -1.03. The lowest BCUT2D eigenvalue weighted by atomic mass is 9.81. The number of aromatic hydroxyl groups is 1. The van der Waals surface area contributed by atoms with E-state index in [1.54, 1.807) is 50.2 Å². The van der Waals surface area contributed by atoms with Crippen molar-refractivity contribution in [1.82, 2.24) is 0 Å². The minimum absolute atomic E-state index is 0.00269. The average molecular weight is 565 g/mol. The largest absolute Gasteiger partial charge is 0.507 e. The van der Waals surface area contributed by atoms with Gasteiger partial charge in [-0.15, -0.1) is 0 Å². The summed E-state index contributed by atoms with van der Waals surface area (Å²) in [5.41, 5.74) is 1.41. The summed E-state index contributed by atoms with van der Waals surface area (Å²) in [7, 11) is 0. The highest BCUT2D eigenvalue weighted by atomic mass is 16.7. The zero-order valence-electron chi connectivity index (χ0n) is 22.8. The SMILES string of the molecule is Cc1cc(O)c2c3c(ccc2c1)C(=O)c1c(O[C@@H]2C[C@@H](O)[C@@H](O[C@@H]4C[C@@H](O)[C@@H](O)[C@H](C)O4)[C@H](C)O2)cccc1C3=O. The first kappa shape index (κ1) is 27.8. The molecule has 4 N–H and O–H groups in total. The van der Waals surface area contributed by atoms with Crippen LogP contribution < -0.4 is 4.74 Å². The summed E-state index contributed by atoms with van der Waals surface area (Å²) >= 11 is 0.